The van der Waals surface area contributed by atoms with Crippen molar-refractivity contribution in [3.05, 3.63) is 66.2 Å². The van der Waals surface area contributed by atoms with Crippen LogP contribution in [0.4, 0.5) is 0 Å². The van der Waals surface area contributed by atoms with E-state index in [4.69, 9.17) is 5.21 Å². The molecule has 2 aromatic carbocycles. The first-order chi connectivity index (χ1) is 15.8. The van der Waals surface area contributed by atoms with Crippen molar-refractivity contribution in [2.24, 2.45) is 11.8 Å². The molecule has 2 unspecified atom stereocenters. The van der Waals surface area contributed by atoms with E-state index in [1.165, 1.54) is 18.8 Å². The maximum Gasteiger partial charge on any atom is 0.247 e. The molecule has 0 aromatic heterocycles. The molecule has 0 spiro atoms. The molecule has 0 bridgehead atoms. The lowest BCUT2D eigenvalue weighted by Gasteiger charge is -2.19. The van der Waals surface area contributed by atoms with E-state index in [-0.39, 0.29) is 12.3 Å². The Bertz CT molecular complexity index is 844. The molecule has 3 amide bonds. The van der Waals surface area contributed by atoms with Gasteiger partial charge in [0.1, 0.15) is 6.04 Å². The highest BCUT2D eigenvalue weighted by atomic mass is 32.2. The lowest BCUT2D eigenvalue weighted by Crippen LogP contribution is -2.48. The average molecular weight is 474 g/mol. The highest BCUT2D eigenvalue weighted by Gasteiger charge is 2.25. The standard InChI is InChI=1S/C21H25N3O4S.C4H10/c1-22-21(27)18(12-15-8-4-2-5-9-15)23-19(25)13-16(20(26)24-28)14-29-17-10-6-3-7-11-17;1-4(2)3/h2-11,16,18,28H,12-14H2,1H3,(H,22,27)(H,23,25)(H,24,26);4H,1-3H3. The molecule has 0 aliphatic heterocycles. The molecule has 4 N–H and O–H groups in total. The fraction of sp³-hybridized carbons (Fsp3) is 0.400. The highest BCUT2D eigenvalue weighted by Crippen LogP contribution is 2.22. The molecule has 0 aliphatic rings. The minimum atomic E-state index is -0.755. The van der Waals surface area contributed by atoms with E-state index in [2.05, 4.69) is 31.4 Å². The van der Waals surface area contributed by atoms with Crippen molar-refractivity contribution in [1.29, 1.82) is 0 Å². The molecule has 33 heavy (non-hydrogen) atoms. The van der Waals surface area contributed by atoms with Crippen LogP contribution in [0.1, 0.15) is 32.8 Å². The number of hydroxylamine groups is 1. The van der Waals surface area contributed by atoms with Crippen LogP contribution in [0, 0.1) is 11.8 Å². The Labute approximate surface area is 200 Å². The first-order valence-corrected chi connectivity index (χ1v) is 11.9. The molecule has 0 fully saturated rings. The van der Waals surface area contributed by atoms with Gasteiger partial charge in [-0.3, -0.25) is 19.6 Å². The molecule has 0 aliphatic carbocycles. The predicted octanol–water partition coefficient (Wildman–Crippen LogP) is 3.43. The second kappa shape index (κ2) is 15.9. The second-order valence-electron chi connectivity index (χ2n) is 8.16. The number of carbonyl (C=O) groups is 3. The number of hydrogen-bond acceptors (Lipinski definition) is 5. The van der Waals surface area contributed by atoms with Gasteiger partial charge in [-0.05, 0) is 23.6 Å². The van der Waals surface area contributed by atoms with E-state index in [9.17, 15) is 14.4 Å². The van der Waals surface area contributed by atoms with E-state index in [1.807, 2.05) is 60.7 Å². The first kappa shape index (κ1) is 28.2. The number of benzene rings is 2. The largest absolute Gasteiger partial charge is 0.357 e. The Morgan fingerprint density at radius 3 is 1.97 bits per heavy atom. The van der Waals surface area contributed by atoms with E-state index >= 15 is 0 Å². The number of likely N-dealkylation sites (N-methyl/N-ethyl adjacent to an activating group) is 1. The van der Waals surface area contributed by atoms with Gasteiger partial charge in [0.2, 0.25) is 17.7 Å². The van der Waals surface area contributed by atoms with Crippen molar-refractivity contribution in [2.75, 3.05) is 12.8 Å². The summed E-state index contributed by atoms with van der Waals surface area (Å²) in [6.45, 7) is 6.50. The van der Waals surface area contributed by atoms with Gasteiger partial charge in [0.15, 0.2) is 0 Å². The van der Waals surface area contributed by atoms with Gasteiger partial charge in [-0.15, -0.1) is 11.8 Å². The van der Waals surface area contributed by atoms with E-state index in [1.54, 1.807) is 5.48 Å². The van der Waals surface area contributed by atoms with Gasteiger partial charge in [-0.2, -0.15) is 0 Å². The smallest absolute Gasteiger partial charge is 0.247 e. The number of thioether (sulfide) groups is 1. The Kier molecular flexibility index (Phi) is 13.6. The van der Waals surface area contributed by atoms with E-state index < -0.39 is 23.8 Å². The van der Waals surface area contributed by atoms with Crippen LogP contribution in [-0.4, -0.2) is 41.8 Å². The summed E-state index contributed by atoms with van der Waals surface area (Å²) in [5, 5.41) is 14.3. The number of nitrogens with one attached hydrogen (secondary N) is 3. The summed E-state index contributed by atoms with van der Waals surface area (Å²) in [7, 11) is 1.50. The SMILES string of the molecule is CC(C)C.CNC(=O)C(Cc1ccccc1)NC(=O)CC(CSc1ccccc1)C(=O)NO. The van der Waals surface area contributed by atoms with Crippen LogP contribution in [0.15, 0.2) is 65.6 Å². The maximum atomic E-state index is 12.5. The third-order valence-electron chi connectivity index (χ3n) is 4.29. The topological polar surface area (TPSA) is 108 Å². The number of rotatable bonds is 10. The Balaban J connectivity index is 0.00000125. The van der Waals surface area contributed by atoms with Gasteiger partial charge < -0.3 is 10.6 Å². The summed E-state index contributed by atoms with van der Waals surface area (Å²) in [5.41, 5.74) is 2.53. The number of carbonyl (C=O) groups excluding carboxylic acids is 3. The van der Waals surface area contributed by atoms with Crippen molar-refractivity contribution >= 4 is 29.5 Å². The highest BCUT2D eigenvalue weighted by molar-refractivity contribution is 7.99. The molecule has 180 valence electrons. The molecule has 0 saturated carbocycles. The van der Waals surface area contributed by atoms with Gasteiger partial charge in [-0.1, -0.05) is 69.3 Å². The van der Waals surface area contributed by atoms with Crippen LogP contribution >= 0.6 is 11.8 Å². The zero-order valence-electron chi connectivity index (χ0n) is 19.7. The van der Waals surface area contributed by atoms with Crippen molar-refractivity contribution in [2.45, 2.75) is 44.6 Å². The minimum absolute atomic E-state index is 0.144. The number of amides is 3. The van der Waals surface area contributed by atoms with E-state index in [0.29, 0.717) is 12.2 Å². The van der Waals surface area contributed by atoms with Gasteiger partial charge in [-0.25, -0.2) is 5.48 Å². The third-order valence-corrected chi connectivity index (χ3v) is 5.46. The van der Waals surface area contributed by atoms with Crippen LogP contribution < -0.4 is 16.1 Å². The summed E-state index contributed by atoms with van der Waals surface area (Å²) in [6, 6.07) is 18.1. The first-order valence-electron chi connectivity index (χ1n) is 10.9. The maximum absolute atomic E-state index is 12.5. The van der Waals surface area contributed by atoms with Gasteiger partial charge in [0.05, 0.1) is 5.92 Å². The molecular formula is C25H35N3O4S. The van der Waals surface area contributed by atoms with Crippen molar-refractivity contribution in [3.8, 4) is 0 Å². The molecule has 2 aromatic rings. The van der Waals surface area contributed by atoms with E-state index in [0.717, 1.165) is 16.4 Å². The van der Waals surface area contributed by atoms with Gasteiger partial charge in [0.25, 0.3) is 0 Å². The molecular weight excluding hydrogens is 438 g/mol. The summed E-state index contributed by atoms with van der Waals surface area (Å²) >= 11 is 1.42. The van der Waals surface area contributed by atoms with Gasteiger partial charge in [0, 0.05) is 30.5 Å². The Hall–Kier alpha value is -2.84. The van der Waals surface area contributed by atoms with Crippen LogP contribution in [-0.2, 0) is 20.8 Å². The average Bonchev–Trinajstić information content (AvgIpc) is 2.81. The lowest BCUT2D eigenvalue weighted by molar-refractivity contribution is -0.136. The number of hydrogen-bond donors (Lipinski definition) is 4. The molecule has 2 atom stereocenters. The zero-order valence-corrected chi connectivity index (χ0v) is 20.5. The molecule has 8 heteroatoms. The molecule has 2 rings (SSSR count). The molecule has 0 radical (unpaired) electrons. The van der Waals surface area contributed by atoms with Crippen molar-refractivity contribution in [3.63, 3.8) is 0 Å². The summed E-state index contributed by atoms with van der Waals surface area (Å²) < 4.78 is 0. The molecule has 0 heterocycles. The minimum Gasteiger partial charge on any atom is -0.357 e. The quantitative estimate of drug-likeness (QED) is 0.240. The van der Waals surface area contributed by atoms with Crippen molar-refractivity contribution in [1.82, 2.24) is 16.1 Å². The predicted molar refractivity (Wildman–Crippen MR) is 132 cm³/mol. The fourth-order valence-electron chi connectivity index (χ4n) is 2.74. The monoisotopic (exact) mass is 473 g/mol. The molecule has 7 nitrogen and oxygen atoms in total. The zero-order chi connectivity index (χ0) is 24.6. The lowest BCUT2D eigenvalue weighted by atomic mass is 10.0. The molecule has 0 saturated heterocycles. The summed E-state index contributed by atoms with van der Waals surface area (Å²) in [4.78, 5) is 37.7. The normalized spacial score (nSPS) is 12.1. The Morgan fingerprint density at radius 1 is 0.909 bits per heavy atom. The Morgan fingerprint density at radius 2 is 1.45 bits per heavy atom. The summed E-state index contributed by atoms with van der Waals surface area (Å²) in [5.74, 6) is -0.983. The second-order valence-corrected chi connectivity index (χ2v) is 9.25. The van der Waals surface area contributed by atoms with Crippen molar-refractivity contribution < 1.29 is 19.6 Å². The van der Waals surface area contributed by atoms with Crippen LogP contribution in [0.25, 0.3) is 0 Å². The fourth-order valence-corrected chi connectivity index (χ4v) is 3.75. The van der Waals surface area contributed by atoms with Crippen LogP contribution in [0.2, 0.25) is 0 Å². The third kappa shape index (κ3) is 12.1. The van der Waals surface area contributed by atoms with Crippen LogP contribution in [0.3, 0.4) is 0 Å². The van der Waals surface area contributed by atoms with Crippen LogP contribution in [0.5, 0.6) is 0 Å². The summed E-state index contributed by atoms with van der Waals surface area (Å²) in [6.07, 6.45) is 0.191. The van der Waals surface area contributed by atoms with Gasteiger partial charge >= 0.3 is 0 Å².